The third kappa shape index (κ3) is 4.64. The summed E-state index contributed by atoms with van der Waals surface area (Å²) in [4.78, 5) is 19.8. The number of aryl methyl sites for hydroxylation is 1. The molecule has 3 rings (SSSR count). The Kier molecular flexibility index (Phi) is 5.84. The Morgan fingerprint density at radius 1 is 1.03 bits per heavy atom. The second kappa shape index (κ2) is 8.34. The van der Waals surface area contributed by atoms with Crippen molar-refractivity contribution in [2.75, 3.05) is 10.7 Å². The van der Waals surface area contributed by atoms with Crippen molar-refractivity contribution in [3.05, 3.63) is 76.1 Å². The van der Waals surface area contributed by atoms with Gasteiger partial charge in [0.2, 0.25) is 11.6 Å². The van der Waals surface area contributed by atoms with E-state index in [1.54, 1.807) is 19.1 Å². The van der Waals surface area contributed by atoms with E-state index in [9.17, 15) is 27.3 Å². The third-order valence-electron chi connectivity index (χ3n) is 3.82. The second-order valence-corrected chi connectivity index (χ2v) is 7.65. The van der Waals surface area contributed by atoms with E-state index in [0.29, 0.717) is 0 Å². The van der Waals surface area contributed by atoms with Crippen molar-refractivity contribution in [1.82, 2.24) is 14.8 Å². The molecular weight excluding hydrogens is 422 g/mol. The predicted molar refractivity (Wildman–Crippen MR) is 103 cm³/mol. The van der Waals surface area contributed by atoms with Gasteiger partial charge in [-0.05, 0) is 31.2 Å². The number of aromatic nitrogens is 2. The van der Waals surface area contributed by atoms with Gasteiger partial charge in [0.1, 0.15) is 18.0 Å². The van der Waals surface area contributed by atoms with Crippen LogP contribution in [-0.2, 0) is 10.0 Å². The SMILES string of the molecule is Cc1ccc(S(=O)(=O)NNc2ncnc(Nc3cc(F)ccc3F)c2[N+](=O)[O-])cc1. The molecule has 2 aromatic carbocycles. The summed E-state index contributed by atoms with van der Waals surface area (Å²) in [5.41, 5.74) is 1.82. The molecule has 30 heavy (non-hydrogen) atoms. The lowest BCUT2D eigenvalue weighted by atomic mass is 10.2. The maximum atomic E-state index is 13.9. The lowest BCUT2D eigenvalue weighted by Gasteiger charge is -2.12. The van der Waals surface area contributed by atoms with E-state index in [2.05, 4.69) is 20.7 Å². The van der Waals surface area contributed by atoms with Crippen LogP contribution in [0.3, 0.4) is 0 Å². The molecule has 0 saturated carbocycles. The summed E-state index contributed by atoms with van der Waals surface area (Å²) in [6.07, 6.45) is 0.884. The van der Waals surface area contributed by atoms with Gasteiger partial charge in [-0.1, -0.05) is 17.7 Å². The molecule has 0 unspecified atom stereocenters. The zero-order valence-electron chi connectivity index (χ0n) is 15.3. The second-order valence-electron chi connectivity index (χ2n) is 5.97. The van der Waals surface area contributed by atoms with E-state index < -0.39 is 49.6 Å². The van der Waals surface area contributed by atoms with Crippen LogP contribution in [-0.4, -0.2) is 23.3 Å². The Morgan fingerprint density at radius 2 is 1.70 bits per heavy atom. The van der Waals surface area contributed by atoms with Crippen molar-refractivity contribution >= 4 is 33.0 Å². The van der Waals surface area contributed by atoms with Gasteiger partial charge in [-0.25, -0.2) is 27.2 Å². The quantitative estimate of drug-likeness (QED) is 0.379. The number of nitro groups is 1. The smallest absolute Gasteiger partial charge is 0.332 e. The molecule has 13 heteroatoms. The summed E-state index contributed by atoms with van der Waals surface area (Å²) in [5.74, 6) is -2.64. The molecular formula is C17H14F2N6O4S. The number of nitrogens with zero attached hydrogens (tertiary/aromatic N) is 3. The summed E-state index contributed by atoms with van der Waals surface area (Å²) in [6.45, 7) is 1.78. The van der Waals surface area contributed by atoms with Gasteiger partial charge in [-0.15, -0.1) is 4.83 Å². The number of rotatable bonds is 7. The third-order valence-corrected chi connectivity index (χ3v) is 5.08. The Hall–Kier alpha value is -3.71. The van der Waals surface area contributed by atoms with Crippen LogP contribution in [0.15, 0.2) is 53.7 Å². The number of halogens is 2. The van der Waals surface area contributed by atoms with Crippen LogP contribution in [0.1, 0.15) is 5.56 Å². The summed E-state index contributed by atoms with van der Waals surface area (Å²) < 4.78 is 51.9. The minimum absolute atomic E-state index is 0.0857. The molecule has 1 aromatic heterocycles. The van der Waals surface area contributed by atoms with E-state index in [0.717, 1.165) is 30.1 Å². The van der Waals surface area contributed by atoms with E-state index in [1.807, 2.05) is 4.83 Å². The molecule has 0 spiro atoms. The maximum absolute atomic E-state index is 13.9. The normalized spacial score (nSPS) is 11.2. The fourth-order valence-corrected chi connectivity index (χ4v) is 3.19. The number of sulfonamides is 1. The van der Waals surface area contributed by atoms with E-state index in [4.69, 9.17) is 0 Å². The number of benzene rings is 2. The lowest BCUT2D eigenvalue weighted by Crippen LogP contribution is -2.30. The van der Waals surface area contributed by atoms with Crippen molar-refractivity contribution < 1.29 is 22.1 Å². The summed E-state index contributed by atoms with van der Waals surface area (Å²) in [6, 6.07) is 8.37. The molecule has 0 fully saturated rings. The van der Waals surface area contributed by atoms with Crippen LogP contribution in [0, 0.1) is 28.7 Å². The largest absolute Gasteiger partial charge is 0.354 e. The number of anilines is 3. The van der Waals surface area contributed by atoms with Crippen LogP contribution in [0.25, 0.3) is 0 Å². The zero-order valence-corrected chi connectivity index (χ0v) is 16.1. The molecule has 0 atom stereocenters. The molecule has 0 saturated heterocycles. The van der Waals surface area contributed by atoms with Crippen molar-refractivity contribution in [3.63, 3.8) is 0 Å². The Labute approximate surface area is 169 Å². The number of hydrogen-bond acceptors (Lipinski definition) is 8. The monoisotopic (exact) mass is 436 g/mol. The first kappa shape index (κ1) is 21.0. The van der Waals surface area contributed by atoms with Crippen molar-refractivity contribution in [2.45, 2.75) is 11.8 Å². The summed E-state index contributed by atoms with van der Waals surface area (Å²) >= 11 is 0. The van der Waals surface area contributed by atoms with Gasteiger partial charge in [0.25, 0.3) is 10.0 Å². The Bertz CT molecular complexity index is 1210. The molecule has 0 bridgehead atoms. The van der Waals surface area contributed by atoms with E-state index in [1.165, 1.54) is 12.1 Å². The molecule has 156 valence electrons. The first-order chi connectivity index (χ1) is 14.2. The molecule has 0 amide bonds. The highest BCUT2D eigenvalue weighted by atomic mass is 32.2. The first-order valence-corrected chi connectivity index (χ1v) is 9.71. The average molecular weight is 436 g/mol. The minimum Gasteiger partial charge on any atom is -0.332 e. The summed E-state index contributed by atoms with van der Waals surface area (Å²) in [5, 5.41) is 13.8. The van der Waals surface area contributed by atoms with E-state index in [-0.39, 0.29) is 4.90 Å². The van der Waals surface area contributed by atoms with Crippen molar-refractivity contribution in [2.24, 2.45) is 0 Å². The topological polar surface area (TPSA) is 139 Å². The van der Waals surface area contributed by atoms with Crippen LogP contribution in [0.2, 0.25) is 0 Å². The zero-order chi connectivity index (χ0) is 21.9. The maximum Gasteiger partial charge on any atom is 0.354 e. The van der Waals surface area contributed by atoms with Gasteiger partial charge in [0, 0.05) is 6.07 Å². The fraction of sp³-hybridized carbons (Fsp3) is 0.0588. The van der Waals surface area contributed by atoms with Gasteiger partial charge in [0.05, 0.1) is 15.5 Å². The van der Waals surface area contributed by atoms with Gasteiger partial charge in [-0.2, -0.15) is 0 Å². The summed E-state index contributed by atoms with van der Waals surface area (Å²) in [7, 11) is -4.08. The van der Waals surface area contributed by atoms with Crippen LogP contribution in [0.4, 0.5) is 31.8 Å². The highest BCUT2D eigenvalue weighted by molar-refractivity contribution is 7.89. The fourth-order valence-electron chi connectivity index (χ4n) is 2.35. The molecule has 10 nitrogen and oxygen atoms in total. The van der Waals surface area contributed by atoms with Crippen LogP contribution >= 0.6 is 0 Å². The van der Waals surface area contributed by atoms with Gasteiger partial charge < -0.3 is 5.32 Å². The molecule has 0 aliphatic heterocycles. The molecule has 0 radical (unpaired) electrons. The van der Waals surface area contributed by atoms with Crippen molar-refractivity contribution in [3.8, 4) is 0 Å². The Morgan fingerprint density at radius 3 is 2.37 bits per heavy atom. The number of hydrazine groups is 1. The van der Waals surface area contributed by atoms with Crippen LogP contribution in [0.5, 0.6) is 0 Å². The van der Waals surface area contributed by atoms with Crippen LogP contribution < -0.4 is 15.6 Å². The number of nitrogens with one attached hydrogen (secondary N) is 3. The molecule has 3 aromatic rings. The highest BCUT2D eigenvalue weighted by Crippen LogP contribution is 2.31. The molecule has 3 N–H and O–H groups in total. The van der Waals surface area contributed by atoms with Gasteiger partial charge >= 0.3 is 5.69 Å². The van der Waals surface area contributed by atoms with Gasteiger partial charge in [0.15, 0.2) is 0 Å². The predicted octanol–water partition coefficient (Wildman–Crippen LogP) is 3.02. The minimum atomic E-state index is -4.08. The van der Waals surface area contributed by atoms with Gasteiger partial charge in [-0.3, -0.25) is 15.5 Å². The highest BCUT2D eigenvalue weighted by Gasteiger charge is 2.25. The molecule has 0 aliphatic rings. The number of hydrogen-bond donors (Lipinski definition) is 3. The van der Waals surface area contributed by atoms with E-state index >= 15 is 0 Å². The average Bonchev–Trinajstić information content (AvgIpc) is 2.69. The standard InChI is InChI=1S/C17H14F2N6O4S/c1-10-2-5-12(6-3-10)30(28,29)24-23-17-15(25(26)27)16(20-9-21-17)22-14-8-11(18)4-7-13(14)19/h2-9,24H,1H3,(H2,20,21,22,23). The lowest BCUT2D eigenvalue weighted by molar-refractivity contribution is -0.383. The Balaban J connectivity index is 1.90. The first-order valence-electron chi connectivity index (χ1n) is 8.23. The molecule has 0 aliphatic carbocycles. The van der Waals surface area contributed by atoms with Crippen molar-refractivity contribution in [1.29, 1.82) is 0 Å². The molecule has 1 heterocycles.